The van der Waals surface area contributed by atoms with E-state index in [2.05, 4.69) is 4.98 Å². The van der Waals surface area contributed by atoms with Crippen molar-refractivity contribution in [3.8, 4) is 0 Å². The van der Waals surface area contributed by atoms with Crippen LogP contribution in [0.5, 0.6) is 0 Å². The van der Waals surface area contributed by atoms with E-state index >= 15 is 0 Å². The highest BCUT2D eigenvalue weighted by Gasteiger charge is 2.18. The molecule has 0 aliphatic heterocycles. The van der Waals surface area contributed by atoms with Crippen LogP contribution in [0.15, 0.2) is 11.0 Å². The lowest BCUT2D eigenvalue weighted by molar-refractivity contribution is 0.101. The lowest BCUT2D eigenvalue weighted by Crippen LogP contribution is -2.22. The summed E-state index contributed by atoms with van der Waals surface area (Å²) in [4.78, 5) is 25.4. The molecule has 1 aromatic heterocycles. The highest BCUT2D eigenvalue weighted by molar-refractivity contribution is 5.95. The molecule has 1 aliphatic rings. The zero-order valence-corrected chi connectivity index (χ0v) is 8.22. The molecule has 0 saturated heterocycles. The number of aryl methyl sites for hydroxylation is 1. The highest BCUT2D eigenvalue weighted by atomic mass is 16.1. The molecular weight excluding hydrogens is 178 g/mol. The molecule has 14 heavy (non-hydrogen) atoms. The van der Waals surface area contributed by atoms with E-state index < -0.39 is 0 Å². The summed E-state index contributed by atoms with van der Waals surface area (Å²) in [5.41, 5.74) is 2.26. The number of H-pyrrole nitrogens is 1. The van der Waals surface area contributed by atoms with Gasteiger partial charge in [-0.1, -0.05) is 0 Å². The minimum atomic E-state index is -0.238. The van der Waals surface area contributed by atoms with Crippen LogP contribution >= 0.6 is 0 Å². The van der Waals surface area contributed by atoms with E-state index in [1.807, 2.05) is 0 Å². The van der Waals surface area contributed by atoms with Crippen molar-refractivity contribution in [1.29, 1.82) is 0 Å². The van der Waals surface area contributed by atoms with Gasteiger partial charge < -0.3 is 4.98 Å². The summed E-state index contributed by atoms with van der Waals surface area (Å²) in [6, 6.07) is 0. The van der Waals surface area contributed by atoms with E-state index in [9.17, 15) is 9.59 Å². The van der Waals surface area contributed by atoms with Crippen molar-refractivity contribution in [1.82, 2.24) is 4.98 Å². The fraction of sp³-hybridized carbons (Fsp3) is 0.455. The molecule has 1 aliphatic carbocycles. The third kappa shape index (κ3) is 1.39. The number of pyridine rings is 1. The summed E-state index contributed by atoms with van der Waals surface area (Å²) >= 11 is 0. The third-order valence-electron chi connectivity index (χ3n) is 2.77. The van der Waals surface area contributed by atoms with Gasteiger partial charge in [0.05, 0.1) is 5.56 Å². The number of aromatic nitrogens is 1. The summed E-state index contributed by atoms with van der Waals surface area (Å²) in [7, 11) is 0. The van der Waals surface area contributed by atoms with Gasteiger partial charge in [-0.2, -0.15) is 0 Å². The van der Waals surface area contributed by atoms with Crippen LogP contribution in [0.1, 0.15) is 41.3 Å². The van der Waals surface area contributed by atoms with Crippen LogP contribution in [-0.4, -0.2) is 10.8 Å². The first-order valence-electron chi connectivity index (χ1n) is 4.94. The standard InChI is InChI=1S/C11H13NO2/c1-7(13)10-9-5-3-2-4-8(9)6-12-11(10)14/h6H,2-5H2,1H3,(H,12,14). The largest absolute Gasteiger partial charge is 0.328 e. The van der Waals surface area contributed by atoms with Crippen LogP contribution in [0.4, 0.5) is 0 Å². The van der Waals surface area contributed by atoms with Crippen molar-refractivity contribution < 1.29 is 4.79 Å². The SMILES string of the molecule is CC(=O)c1c2c(c[nH]c1=O)CCCC2. The van der Waals surface area contributed by atoms with Crippen LogP contribution in [0, 0.1) is 0 Å². The maximum atomic E-state index is 11.5. The smallest absolute Gasteiger partial charge is 0.259 e. The van der Waals surface area contributed by atoms with E-state index in [-0.39, 0.29) is 11.3 Å². The molecule has 0 aromatic carbocycles. The molecule has 0 saturated carbocycles. The molecule has 0 unspecified atom stereocenters. The van der Waals surface area contributed by atoms with Crippen LogP contribution in [-0.2, 0) is 12.8 Å². The quantitative estimate of drug-likeness (QED) is 0.683. The Kier molecular flexibility index (Phi) is 2.23. The van der Waals surface area contributed by atoms with E-state index in [0.717, 1.165) is 36.8 Å². The van der Waals surface area contributed by atoms with Crippen molar-refractivity contribution in [2.24, 2.45) is 0 Å². The number of fused-ring (bicyclic) bond motifs is 1. The minimum absolute atomic E-state index is 0.120. The van der Waals surface area contributed by atoms with Gasteiger partial charge in [0.2, 0.25) is 0 Å². The number of nitrogens with one attached hydrogen (secondary N) is 1. The Labute approximate surface area is 82.2 Å². The Morgan fingerprint density at radius 2 is 2.07 bits per heavy atom. The van der Waals surface area contributed by atoms with Crippen LogP contribution in [0.2, 0.25) is 0 Å². The van der Waals surface area contributed by atoms with E-state index in [4.69, 9.17) is 0 Å². The first kappa shape index (κ1) is 9.19. The number of Topliss-reactive ketones (excluding diaryl/α,β-unsaturated/α-hetero) is 1. The average molecular weight is 191 g/mol. The summed E-state index contributed by atoms with van der Waals surface area (Å²) in [5.74, 6) is -0.120. The molecular formula is C11H13NO2. The average Bonchev–Trinajstić information content (AvgIpc) is 2.17. The number of carbonyl (C=O) groups excluding carboxylic acids is 1. The van der Waals surface area contributed by atoms with Gasteiger partial charge in [-0.3, -0.25) is 9.59 Å². The zero-order chi connectivity index (χ0) is 10.1. The molecule has 2 rings (SSSR count). The first-order valence-corrected chi connectivity index (χ1v) is 4.94. The Morgan fingerprint density at radius 3 is 2.79 bits per heavy atom. The van der Waals surface area contributed by atoms with Gasteiger partial charge in [-0.15, -0.1) is 0 Å². The highest BCUT2D eigenvalue weighted by Crippen LogP contribution is 2.21. The van der Waals surface area contributed by atoms with Crippen LogP contribution in [0.25, 0.3) is 0 Å². The Balaban J connectivity index is 2.67. The van der Waals surface area contributed by atoms with Gasteiger partial charge in [0.15, 0.2) is 5.78 Å². The molecule has 0 spiro atoms. The van der Waals surface area contributed by atoms with Crippen LogP contribution < -0.4 is 5.56 Å². The number of aromatic amines is 1. The molecule has 0 radical (unpaired) electrons. The monoisotopic (exact) mass is 191 g/mol. The Hall–Kier alpha value is -1.38. The molecule has 0 atom stereocenters. The predicted molar refractivity (Wildman–Crippen MR) is 53.7 cm³/mol. The molecule has 3 nitrogen and oxygen atoms in total. The Bertz CT molecular complexity index is 431. The molecule has 0 bridgehead atoms. The van der Waals surface area contributed by atoms with Crippen molar-refractivity contribution in [2.75, 3.05) is 0 Å². The second kappa shape index (κ2) is 3.40. The van der Waals surface area contributed by atoms with Crippen LogP contribution in [0.3, 0.4) is 0 Å². The molecule has 1 N–H and O–H groups in total. The number of hydrogen-bond acceptors (Lipinski definition) is 2. The van der Waals surface area contributed by atoms with Gasteiger partial charge in [-0.05, 0) is 43.7 Å². The first-order chi connectivity index (χ1) is 6.70. The maximum Gasteiger partial charge on any atom is 0.259 e. The lowest BCUT2D eigenvalue weighted by Gasteiger charge is -2.16. The predicted octanol–water partition coefficient (Wildman–Crippen LogP) is 1.46. The molecule has 0 fully saturated rings. The van der Waals surface area contributed by atoms with E-state index in [0.29, 0.717) is 5.56 Å². The number of carbonyl (C=O) groups is 1. The third-order valence-corrected chi connectivity index (χ3v) is 2.77. The number of rotatable bonds is 1. The fourth-order valence-electron chi connectivity index (χ4n) is 2.11. The molecule has 3 heteroatoms. The molecule has 1 aromatic rings. The topological polar surface area (TPSA) is 49.9 Å². The lowest BCUT2D eigenvalue weighted by atomic mass is 9.89. The summed E-state index contributed by atoms with van der Waals surface area (Å²) in [6.07, 6.45) is 5.83. The van der Waals surface area contributed by atoms with Gasteiger partial charge >= 0.3 is 0 Å². The molecule has 1 heterocycles. The van der Waals surface area contributed by atoms with E-state index in [1.165, 1.54) is 6.92 Å². The minimum Gasteiger partial charge on any atom is -0.328 e. The van der Waals surface area contributed by atoms with E-state index in [1.54, 1.807) is 6.20 Å². The van der Waals surface area contributed by atoms with Crippen molar-refractivity contribution >= 4 is 5.78 Å². The summed E-state index contributed by atoms with van der Waals surface area (Å²) in [5, 5.41) is 0. The maximum absolute atomic E-state index is 11.5. The van der Waals surface area contributed by atoms with Gasteiger partial charge in [0.1, 0.15) is 0 Å². The fourth-order valence-corrected chi connectivity index (χ4v) is 2.11. The Morgan fingerprint density at radius 1 is 1.36 bits per heavy atom. The van der Waals surface area contributed by atoms with Gasteiger partial charge in [0.25, 0.3) is 5.56 Å². The van der Waals surface area contributed by atoms with Gasteiger partial charge in [0, 0.05) is 6.20 Å². The molecule has 74 valence electrons. The van der Waals surface area contributed by atoms with Crippen molar-refractivity contribution in [3.63, 3.8) is 0 Å². The normalized spacial score (nSPS) is 14.9. The molecule has 0 amide bonds. The van der Waals surface area contributed by atoms with Gasteiger partial charge in [-0.25, -0.2) is 0 Å². The second-order valence-corrected chi connectivity index (χ2v) is 3.76. The number of hydrogen-bond donors (Lipinski definition) is 1. The second-order valence-electron chi connectivity index (χ2n) is 3.76. The van der Waals surface area contributed by atoms with Crippen molar-refractivity contribution in [2.45, 2.75) is 32.6 Å². The number of ketones is 1. The van der Waals surface area contributed by atoms with Crippen molar-refractivity contribution in [3.05, 3.63) is 33.2 Å². The summed E-state index contributed by atoms with van der Waals surface area (Å²) < 4.78 is 0. The summed E-state index contributed by atoms with van der Waals surface area (Å²) in [6.45, 7) is 1.46. The zero-order valence-electron chi connectivity index (χ0n) is 8.22.